The molecule has 0 amide bonds. The Morgan fingerprint density at radius 2 is 1.87 bits per heavy atom. The van der Waals surface area contributed by atoms with Crippen molar-refractivity contribution in [2.24, 2.45) is 0 Å². The van der Waals surface area contributed by atoms with Crippen LogP contribution in [-0.2, 0) is 0 Å². The van der Waals surface area contributed by atoms with Gasteiger partial charge >= 0.3 is 0 Å². The van der Waals surface area contributed by atoms with E-state index in [-0.39, 0.29) is 0 Å². The quantitative estimate of drug-likeness (QED) is 0.780. The van der Waals surface area contributed by atoms with Crippen molar-refractivity contribution >= 4 is 10.9 Å². The third-order valence-electron chi connectivity index (χ3n) is 2.44. The fraction of sp³-hybridized carbons (Fsp3) is 0.250. The summed E-state index contributed by atoms with van der Waals surface area (Å²) >= 11 is 0. The molecule has 0 aliphatic carbocycles. The van der Waals surface area contributed by atoms with E-state index >= 15 is 0 Å². The van der Waals surface area contributed by atoms with Crippen molar-refractivity contribution in [3.63, 3.8) is 0 Å². The molecule has 0 saturated carbocycles. The van der Waals surface area contributed by atoms with Crippen LogP contribution in [0.25, 0.3) is 10.9 Å². The first-order chi connectivity index (χ1) is 7.20. The number of benzene rings is 1. The number of aliphatic hydroxyl groups excluding tert-OH is 2. The summed E-state index contributed by atoms with van der Waals surface area (Å²) in [4.78, 5) is 4.21. The Balaban J connectivity index is 2.60. The van der Waals surface area contributed by atoms with E-state index in [4.69, 9.17) is 0 Å². The van der Waals surface area contributed by atoms with Crippen molar-refractivity contribution < 1.29 is 10.2 Å². The average Bonchev–Trinajstić information content (AvgIpc) is 2.27. The minimum atomic E-state index is -0.886. The lowest BCUT2D eigenvalue weighted by Gasteiger charge is -2.15. The lowest BCUT2D eigenvalue weighted by atomic mass is 10.0. The summed E-state index contributed by atoms with van der Waals surface area (Å²) in [6.45, 7) is 1.56. The summed E-state index contributed by atoms with van der Waals surface area (Å²) < 4.78 is 0. The van der Waals surface area contributed by atoms with Crippen LogP contribution >= 0.6 is 0 Å². The minimum Gasteiger partial charge on any atom is -0.390 e. The number of hydrogen-bond acceptors (Lipinski definition) is 3. The molecule has 0 saturated heterocycles. The van der Waals surface area contributed by atoms with Gasteiger partial charge in [0.15, 0.2) is 0 Å². The first kappa shape index (κ1) is 10.1. The fourth-order valence-corrected chi connectivity index (χ4v) is 1.63. The van der Waals surface area contributed by atoms with Crippen molar-refractivity contribution in [1.82, 2.24) is 4.98 Å². The Morgan fingerprint density at radius 3 is 2.60 bits per heavy atom. The van der Waals surface area contributed by atoms with Gasteiger partial charge in [-0.25, -0.2) is 0 Å². The molecule has 1 heterocycles. The lowest BCUT2D eigenvalue weighted by Crippen LogP contribution is -2.14. The van der Waals surface area contributed by atoms with E-state index in [1.54, 1.807) is 19.2 Å². The number of para-hydroxylation sites is 1. The van der Waals surface area contributed by atoms with Gasteiger partial charge in [0.2, 0.25) is 0 Å². The third-order valence-corrected chi connectivity index (χ3v) is 2.44. The van der Waals surface area contributed by atoms with Crippen molar-refractivity contribution in [1.29, 1.82) is 0 Å². The van der Waals surface area contributed by atoms with Gasteiger partial charge < -0.3 is 10.2 Å². The average molecular weight is 203 g/mol. The maximum Gasteiger partial charge on any atom is 0.107 e. The highest BCUT2D eigenvalue weighted by Gasteiger charge is 2.16. The molecule has 0 bridgehead atoms. The van der Waals surface area contributed by atoms with Crippen molar-refractivity contribution in [2.45, 2.75) is 19.1 Å². The van der Waals surface area contributed by atoms with E-state index < -0.39 is 12.2 Å². The van der Waals surface area contributed by atoms with Gasteiger partial charge in [-0.1, -0.05) is 24.3 Å². The molecular weight excluding hydrogens is 190 g/mol. The van der Waals surface area contributed by atoms with Gasteiger partial charge in [0, 0.05) is 17.1 Å². The Bertz CT molecular complexity index is 463. The van der Waals surface area contributed by atoms with Gasteiger partial charge in [-0.05, 0) is 13.0 Å². The molecule has 2 aromatic rings. The third kappa shape index (κ3) is 1.84. The van der Waals surface area contributed by atoms with Gasteiger partial charge in [0.05, 0.1) is 11.6 Å². The molecule has 0 fully saturated rings. The maximum absolute atomic E-state index is 9.81. The van der Waals surface area contributed by atoms with Crippen molar-refractivity contribution in [3.8, 4) is 0 Å². The minimum absolute atomic E-state index is 0.670. The van der Waals surface area contributed by atoms with Gasteiger partial charge in [-0.3, -0.25) is 4.98 Å². The second-order valence-electron chi connectivity index (χ2n) is 3.61. The standard InChI is InChI=1S/C12H13NO2/c1-8(14)12(15)10-6-2-4-9-5-3-7-13-11(9)10/h2-8,12,14-15H,1H3. The fourth-order valence-electron chi connectivity index (χ4n) is 1.63. The van der Waals surface area contributed by atoms with Crippen molar-refractivity contribution in [2.75, 3.05) is 0 Å². The van der Waals surface area contributed by atoms with Crippen LogP contribution in [0.3, 0.4) is 0 Å². The zero-order chi connectivity index (χ0) is 10.8. The second-order valence-corrected chi connectivity index (χ2v) is 3.61. The number of nitrogens with zero attached hydrogens (tertiary/aromatic N) is 1. The lowest BCUT2D eigenvalue weighted by molar-refractivity contribution is 0.0313. The highest BCUT2D eigenvalue weighted by molar-refractivity contribution is 5.81. The molecule has 3 heteroatoms. The van der Waals surface area contributed by atoms with Gasteiger partial charge in [0.25, 0.3) is 0 Å². The Labute approximate surface area is 88.0 Å². The van der Waals surface area contributed by atoms with Gasteiger partial charge in [-0.2, -0.15) is 0 Å². The van der Waals surface area contributed by atoms with Crippen LogP contribution in [0.2, 0.25) is 0 Å². The van der Waals surface area contributed by atoms with Crippen LogP contribution in [0.15, 0.2) is 36.5 Å². The van der Waals surface area contributed by atoms with E-state index in [1.807, 2.05) is 24.3 Å². The van der Waals surface area contributed by atoms with Crippen LogP contribution in [0.5, 0.6) is 0 Å². The molecule has 2 unspecified atom stereocenters. The van der Waals surface area contributed by atoms with E-state index in [1.165, 1.54) is 0 Å². The second kappa shape index (κ2) is 3.96. The molecule has 78 valence electrons. The number of fused-ring (bicyclic) bond motifs is 1. The number of aliphatic hydroxyl groups is 2. The largest absolute Gasteiger partial charge is 0.390 e. The zero-order valence-corrected chi connectivity index (χ0v) is 8.46. The molecule has 0 aliphatic heterocycles. The Morgan fingerprint density at radius 1 is 1.13 bits per heavy atom. The monoisotopic (exact) mass is 203 g/mol. The number of aromatic nitrogens is 1. The summed E-state index contributed by atoms with van der Waals surface area (Å²) in [5.41, 5.74) is 1.41. The molecule has 2 rings (SSSR count). The topological polar surface area (TPSA) is 53.4 Å². The van der Waals surface area contributed by atoms with E-state index in [0.717, 1.165) is 10.9 Å². The molecule has 0 radical (unpaired) electrons. The summed E-state index contributed by atoms with van der Waals surface area (Å²) in [6, 6.07) is 9.35. The molecule has 2 N–H and O–H groups in total. The Hall–Kier alpha value is -1.45. The van der Waals surface area contributed by atoms with E-state index in [2.05, 4.69) is 4.98 Å². The molecule has 0 spiro atoms. The zero-order valence-electron chi connectivity index (χ0n) is 8.46. The van der Waals surface area contributed by atoms with Crippen LogP contribution < -0.4 is 0 Å². The molecule has 3 nitrogen and oxygen atoms in total. The summed E-state index contributed by atoms with van der Waals surface area (Å²) in [5.74, 6) is 0. The molecular formula is C12H13NO2. The molecule has 2 atom stereocenters. The van der Waals surface area contributed by atoms with Crippen LogP contribution in [0.1, 0.15) is 18.6 Å². The number of hydrogen-bond donors (Lipinski definition) is 2. The van der Waals surface area contributed by atoms with E-state index in [0.29, 0.717) is 5.56 Å². The van der Waals surface area contributed by atoms with Crippen molar-refractivity contribution in [3.05, 3.63) is 42.1 Å². The summed E-state index contributed by atoms with van der Waals surface area (Å²) in [6.07, 6.45) is 0.00171. The highest BCUT2D eigenvalue weighted by atomic mass is 16.3. The number of pyridine rings is 1. The van der Waals surface area contributed by atoms with Crippen LogP contribution in [-0.4, -0.2) is 21.3 Å². The van der Waals surface area contributed by atoms with Crippen LogP contribution in [0.4, 0.5) is 0 Å². The summed E-state index contributed by atoms with van der Waals surface area (Å²) in [7, 11) is 0. The molecule has 1 aromatic heterocycles. The predicted molar refractivity (Wildman–Crippen MR) is 58.4 cm³/mol. The van der Waals surface area contributed by atoms with E-state index in [9.17, 15) is 10.2 Å². The SMILES string of the molecule is CC(O)C(O)c1cccc2cccnc12. The Kier molecular flexibility index (Phi) is 2.66. The first-order valence-electron chi connectivity index (χ1n) is 4.90. The molecule has 1 aromatic carbocycles. The van der Waals surface area contributed by atoms with Gasteiger partial charge in [-0.15, -0.1) is 0 Å². The smallest absolute Gasteiger partial charge is 0.107 e. The number of rotatable bonds is 2. The first-order valence-corrected chi connectivity index (χ1v) is 4.90. The molecule has 0 aliphatic rings. The normalized spacial score (nSPS) is 15.1. The molecule has 15 heavy (non-hydrogen) atoms. The van der Waals surface area contributed by atoms with Gasteiger partial charge in [0.1, 0.15) is 6.10 Å². The maximum atomic E-state index is 9.81. The predicted octanol–water partition coefficient (Wildman–Crippen LogP) is 1.65. The highest BCUT2D eigenvalue weighted by Crippen LogP contribution is 2.24. The van der Waals surface area contributed by atoms with Crippen LogP contribution in [0, 0.1) is 0 Å². The summed E-state index contributed by atoms with van der Waals surface area (Å²) in [5, 5.41) is 20.1.